The highest BCUT2D eigenvalue weighted by Gasteiger charge is 2.15. The van der Waals surface area contributed by atoms with Crippen molar-refractivity contribution >= 4 is 16.2 Å². The smallest absolute Gasteiger partial charge is 0.338 e. The van der Waals surface area contributed by atoms with Crippen LogP contribution in [0.2, 0.25) is 0 Å². The maximum atomic E-state index is 12.6. The molecule has 0 spiro atoms. The highest BCUT2D eigenvalue weighted by atomic mass is 32.3. The number of methoxy groups -OCH3 is 1. The van der Waals surface area contributed by atoms with Crippen LogP contribution in [0.3, 0.4) is 0 Å². The molecule has 0 bridgehead atoms. The van der Waals surface area contributed by atoms with Gasteiger partial charge in [0.25, 0.3) is 0 Å². The molecule has 0 atom stereocenters. The Morgan fingerprint density at radius 3 is 2.40 bits per heavy atom. The molecule has 15 heavy (non-hydrogen) atoms. The summed E-state index contributed by atoms with van der Waals surface area (Å²) in [5.74, 6) is -0.588. The summed E-state index contributed by atoms with van der Waals surface area (Å²) in [7, 11) is -3.52. The molecule has 0 aliphatic carbocycles. The van der Waals surface area contributed by atoms with Crippen molar-refractivity contribution in [3.05, 3.63) is 29.3 Å². The molecular formula is C9H9FO4S. The molecule has 1 rings (SSSR count). The van der Waals surface area contributed by atoms with Gasteiger partial charge in [-0.05, 0) is 30.7 Å². The topological polar surface area (TPSA) is 60.4 Å². The first-order valence-corrected chi connectivity index (χ1v) is 5.38. The predicted molar refractivity (Wildman–Crippen MR) is 50.8 cm³/mol. The van der Waals surface area contributed by atoms with Crippen LogP contribution in [0.5, 0.6) is 0 Å². The molecule has 0 radical (unpaired) electrons. The molecule has 0 aliphatic heterocycles. The third kappa shape index (κ3) is 2.53. The Hall–Kier alpha value is -1.43. The molecule has 0 amide bonds. The summed E-state index contributed by atoms with van der Waals surface area (Å²) in [5, 5.41) is 0. The number of aryl methyl sites for hydroxylation is 1. The second-order valence-electron chi connectivity index (χ2n) is 2.91. The van der Waals surface area contributed by atoms with E-state index in [9.17, 15) is 17.1 Å². The Kier molecular flexibility index (Phi) is 3.09. The van der Waals surface area contributed by atoms with E-state index in [0.717, 1.165) is 12.1 Å². The van der Waals surface area contributed by atoms with E-state index < -0.39 is 21.1 Å². The van der Waals surface area contributed by atoms with Crippen LogP contribution < -0.4 is 0 Å². The van der Waals surface area contributed by atoms with Crippen LogP contribution in [0.1, 0.15) is 15.9 Å². The zero-order valence-electron chi connectivity index (χ0n) is 8.15. The van der Waals surface area contributed by atoms with Crippen LogP contribution in [0.25, 0.3) is 0 Å². The summed E-state index contributed by atoms with van der Waals surface area (Å²) < 4.78 is 38.1. The largest absolute Gasteiger partial charge is 0.465 e. The molecule has 0 unspecified atom stereocenters. The fourth-order valence-corrected chi connectivity index (χ4v) is 1.67. The molecule has 0 heterocycles. The van der Waals surface area contributed by atoms with E-state index in [-0.39, 0.29) is 5.56 Å². The Balaban J connectivity index is 3.27. The van der Waals surface area contributed by atoms with Gasteiger partial charge in [-0.25, -0.2) is 4.79 Å². The molecular weight excluding hydrogens is 223 g/mol. The number of carbonyl (C=O) groups excluding carboxylic acids is 1. The summed E-state index contributed by atoms with van der Waals surface area (Å²) >= 11 is 0. The number of hydrogen-bond acceptors (Lipinski definition) is 4. The van der Waals surface area contributed by atoms with E-state index in [2.05, 4.69) is 4.74 Å². The average Bonchev–Trinajstić information content (AvgIpc) is 2.15. The molecule has 0 saturated carbocycles. The highest BCUT2D eigenvalue weighted by Crippen LogP contribution is 2.17. The van der Waals surface area contributed by atoms with E-state index in [1.807, 2.05) is 0 Å². The first-order valence-electron chi connectivity index (χ1n) is 4.00. The first kappa shape index (κ1) is 11.6. The third-order valence-electron chi connectivity index (χ3n) is 1.88. The van der Waals surface area contributed by atoms with E-state index in [0.29, 0.717) is 5.56 Å². The molecule has 0 fully saturated rings. The van der Waals surface area contributed by atoms with Crippen molar-refractivity contribution in [1.29, 1.82) is 0 Å². The van der Waals surface area contributed by atoms with Gasteiger partial charge >= 0.3 is 16.2 Å². The van der Waals surface area contributed by atoms with Gasteiger partial charge in [0, 0.05) is 0 Å². The van der Waals surface area contributed by atoms with Gasteiger partial charge in [-0.15, -0.1) is 3.89 Å². The molecule has 0 aromatic heterocycles. The van der Waals surface area contributed by atoms with Crippen LogP contribution in [-0.4, -0.2) is 21.5 Å². The monoisotopic (exact) mass is 232 g/mol. The molecule has 6 heteroatoms. The van der Waals surface area contributed by atoms with Gasteiger partial charge < -0.3 is 4.74 Å². The van der Waals surface area contributed by atoms with E-state index in [1.165, 1.54) is 20.1 Å². The summed E-state index contributed by atoms with van der Waals surface area (Å²) in [6.45, 7) is 1.50. The fourth-order valence-electron chi connectivity index (χ4n) is 1.13. The van der Waals surface area contributed by atoms with Crippen molar-refractivity contribution in [3.63, 3.8) is 0 Å². The minimum Gasteiger partial charge on any atom is -0.465 e. The molecule has 4 nitrogen and oxygen atoms in total. The number of esters is 1. The Morgan fingerprint density at radius 2 is 2.00 bits per heavy atom. The van der Waals surface area contributed by atoms with Crippen molar-refractivity contribution < 1.29 is 21.8 Å². The van der Waals surface area contributed by atoms with Gasteiger partial charge in [-0.2, -0.15) is 8.42 Å². The maximum absolute atomic E-state index is 12.6. The lowest BCUT2D eigenvalue weighted by atomic mass is 10.1. The number of hydrogen-bond donors (Lipinski definition) is 0. The van der Waals surface area contributed by atoms with Gasteiger partial charge in [0.2, 0.25) is 0 Å². The van der Waals surface area contributed by atoms with Gasteiger partial charge in [0.1, 0.15) is 0 Å². The van der Waals surface area contributed by atoms with Crippen LogP contribution in [0.4, 0.5) is 3.89 Å². The van der Waals surface area contributed by atoms with E-state index >= 15 is 0 Å². The molecule has 0 aliphatic rings. The summed E-state index contributed by atoms with van der Waals surface area (Å²) in [5.41, 5.74) is 0.561. The van der Waals surface area contributed by atoms with Gasteiger partial charge in [-0.1, -0.05) is 0 Å². The Bertz CT molecular complexity index is 493. The van der Waals surface area contributed by atoms with Gasteiger partial charge in [0.05, 0.1) is 17.6 Å². The Labute approximate surface area is 86.9 Å². The standard InChI is InChI=1S/C9H9FO4S/c1-6-5-7(15(10,12)13)3-4-8(6)9(11)14-2/h3-5H,1-2H3. The van der Waals surface area contributed by atoms with Crippen molar-refractivity contribution in [2.75, 3.05) is 7.11 Å². The minimum absolute atomic E-state index is 0.213. The normalized spacial score (nSPS) is 11.1. The van der Waals surface area contributed by atoms with Gasteiger partial charge in [0.15, 0.2) is 0 Å². The molecule has 0 saturated heterocycles. The molecule has 1 aromatic rings. The predicted octanol–water partition coefficient (Wildman–Crippen LogP) is 1.44. The summed E-state index contributed by atoms with van der Waals surface area (Å²) in [6.07, 6.45) is 0. The highest BCUT2D eigenvalue weighted by molar-refractivity contribution is 7.86. The molecule has 82 valence electrons. The number of rotatable bonds is 2. The first-order chi connectivity index (χ1) is 6.86. The lowest BCUT2D eigenvalue weighted by molar-refractivity contribution is 0.0600. The second kappa shape index (κ2) is 3.98. The van der Waals surface area contributed by atoms with Crippen LogP contribution >= 0.6 is 0 Å². The quantitative estimate of drug-likeness (QED) is 0.571. The zero-order chi connectivity index (χ0) is 11.6. The number of carbonyl (C=O) groups is 1. The van der Waals surface area contributed by atoms with Crippen molar-refractivity contribution in [3.8, 4) is 0 Å². The summed E-state index contributed by atoms with van der Waals surface area (Å²) in [6, 6.07) is 3.32. The number of benzene rings is 1. The van der Waals surface area contributed by atoms with Crippen LogP contribution in [0.15, 0.2) is 23.1 Å². The minimum atomic E-state index is -4.73. The Morgan fingerprint density at radius 1 is 1.40 bits per heavy atom. The maximum Gasteiger partial charge on any atom is 0.338 e. The van der Waals surface area contributed by atoms with Crippen molar-refractivity contribution in [1.82, 2.24) is 0 Å². The van der Waals surface area contributed by atoms with Crippen molar-refractivity contribution in [2.24, 2.45) is 0 Å². The second-order valence-corrected chi connectivity index (χ2v) is 4.25. The van der Waals surface area contributed by atoms with E-state index in [4.69, 9.17) is 0 Å². The lowest BCUT2D eigenvalue weighted by Crippen LogP contribution is -2.04. The molecule has 1 aromatic carbocycles. The van der Waals surface area contributed by atoms with Crippen LogP contribution in [0, 0.1) is 6.92 Å². The number of halogens is 1. The third-order valence-corrected chi connectivity index (χ3v) is 2.70. The molecule has 0 N–H and O–H groups in total. The van der Waals surface area contributed by atoms with E-state index in [1.54, 1.807) is 0 Å². The van der Waals surface area contributed by atoms with Crippen LogP contribution in [-0.2, 0) is 15.0 Å². The SMILES string of the molecule is COC(=O)c1ccc(S(=O)(=O)F)cc1C. The average molecular weight is 232 g/mol. The summed E-state index contributed by atoms with van der Waals surface area (Å²) in [4.78, 5) is 10.7. The van der Waals surface area contributed by atoms with Gasteiger partial charge in [-0.3, -0.25) is 0 Å². The van der Waals surface area contributed by atoms with Crippen molar-refractivity contribution in [2.45, 2.75) is 11.8 Å². The number of ether oxygens (including phenoxy) is 1. The fraction of sp³-hybridized carbons (Fsp3) is 0.222. The zero-order valence-corrected chi connectivity index (χ0v) is 8.97. The lowest BCUT2D eigenvalue weighted by Gasteiger charge is -2.04.